The molecular formula is C30H23N3O4S. The van der Waals surface area contributed by atoms with Gasteiger partial charge in [0.1, 0.15) is 28.0 Å². The highest BCUT2D eigenvalue weighted by Gasteiger charge is 2.23. The molecule has 5 aromatic rings. The summed E-state index contributed by atoms with van der Waals surface area (Å²) in [5.74, 6) is -0.465. The first-order valence-corrected chi connectivity index (χ1v) is 13.2. The minimum Gasteiger partial charge on any atom is -0.483 e. The lowest BCUT2D eigenvalue weighted by Gasteiger charge is -2.12. The molecule has 0 atom stereocenters. The van der Waals surface area contributed by atoms with Gasteiger partial charge in [-0.05, 0) is 61.6 Å². The number of nitrogens with one attached hydrogen (secondary N) is 2. The Bertz CT molecular complexity index is 1740. The van der Waals surface area contributed by atoms with E-state index in [0.717, 1.165) is 47.6 Å². The van der Waals surface area contributed by atoms with E-state index in [4.69, 9.17) is 9.15 Å². The first-order chi connectivity index (χ1) is 18.6. The molecule has 0 fully saturated rings. The molecule has 2 aromatic heterocycles. The van der Waals surface area contributed by atoms with Crippen LogP contribution in [0.3, 0.4) is 0 Å². The molecule has 0 unspecified atom stereocenters. The van der Waals surface area contributed by atoms with E-state index >= 15 is 0 Å². The lowest BCUT2D eigenvalue weighted by Crippen LogP contribution is -2.21. The third-order valence-corrected chi connectivity index (χ3v) is 7.87. The Morgan fingerprint density at radius 3 is 2.63 bits per heavy atom. The molecule has 0 saturated carbocycles. The van der Waals surface area contributed by atoms with Crippen molar-refractivity contribution in [3.63, 3.8) is 0 Å². The SMILES string of the molecule is N#Cc1c(NC(=O)c2ccccc2OCC(=O)Nc2ccc3c(c2)oc2ccccc23)sc2c1CCCC2. The molecule has 38 heavy (non-hydrogen) atoms. The highest BCUT2D eigenvalue weighted by Crippen LogP contribution is 2.38. The van der Waals surface area contributed by atoms with Crippen molar-refractivity contribution in [2.24, 2.45) is 0 Å². The Hall–Kier alpha value is -4.61. The number of furan rings is 1. The fourth-order valence-electron chi connectivity index (χ4n) is 4.87. The molecule has 0 aliphatic heterocycles. The highest BCUT2D eigenvalue weighted by molar-refractivity contribution is 7.16. The number of anilines is 2. The van der Waals surface area contributed by atoms with Crippen molar-refractivity contribution in [2.75, 3.05) is 17.2 Å². The van der Waals surface area contributed by atoms with Crippen LogP contribution in [0.4, 0.5) is 10.7 Å². The van der Waals surface area contributed by atoms with Crippen LogP contribution < -0.4 is 15.4 Å². The molecule has 8 heteroatoms. The third kappa shape index (κ3) is 4.49. The average Bonchev–Trinajstić information content (AvgIpc) is 3.48. The first-order valence-electron chi connectivity index (χ1n) is 12.4. The van der Waals surface area contributed by atoms with Gasteiger partial charge in [-0.25, -0.2) is 0 Å². The topological polar surface area (TPSA) is 104 Å². The van der Waals surface area contributed by atoms with E-state index < -0.39 is 0 Å². The van der Waals surface area contributed by atoms with E-state index in [1.54, 1.807) is 30.3 Å². The van der Waals surface area contributed by atoms with Crippen molar-refractivity contribution >= 4 is 55.8 Å². The maximum Gasteiger partial charge on any atom is 0.262 e. The van der Waals surface area contributed by atoms with Crippen molar-refractivity contribution in [2.45, 2.75) is 25.7 Å². The predicted octanol–water partition coefficient (Wildman–Crippen LogP) is 6.67. The van der Waals surface area contributed by atoms with Crippen LogP contribution in [0.2, 0.25) is 0 Å². The number of aryl methyl sites for hydroxylation is 1. The molecule has 2 amide bonds. The van der Waals surface area contributed by atoms with E-state index in [0.29, 0.717) is 27.4 Å². The van der Waals surface area contributed by atoms with Crippen molar-refractivity contribution in [1.82, 2.24) is 0 Å². The van der Waals surface area contributed by atoms with Crippen molar-refractivity contribution in [1.29, 1.82) is 5.26 Å². The van der Waals surface area contributed by atoms with E-state index in [1.165, 1.54) is 16.2 Å². The number of carbonyl (C=O) groups excluding carboxylic acids is 2. The lowest BCUT2D eigenvalue weighted by atomic mass is 9.96. The molecule has 1 aliphatic rings. The van der Waals surface area contributed by atoms with Gasteiger partial charge in [-0.1, -0.05) is 30.3 Å². The maximum absolute atomic E-state index is 13.1. The lowest BCUT2D eigenvalue weighted by molar-refractivity contribution is -0.118. The predicted molar refractivity (Wildman–Crippen MR) is 148 cm³/mol. The number of nitriles is 1. The van der Waals surface area contributed by atoms with Gasteiger partial charge in [-0.2, -0.15) is 5.26 Å². The van der Waals surface area contributed by atoms with Gasteiger partial charge in [-0.15, -0.1) is 11.3 Å². The zero-order chi connectivity index (χ0) is 26.1. The summed E-state index contributed by atoms with van der Waals surface area (Å²) in [5.41, 5.74) is 3.95. The summed E-state index contributed by atoms with van der Waals surface area (Å²) in [6, 6.07) is 22.3. The van der Waals surface area contributed by atoms with E-state index in [1.807, 2.05) is 36.4 Å². The van der Waals surface area contributed by atoms with Crippen LogP contribution >= 0.6 is 11.3 Å². The van der Waals surface area contributed by atoms with Crippen LogP contribution in [-0.2, 0) is 17.6 Å². The van der Waals surface area contributed by atoms with Gasteiger partial charge >= 0.3 is 0 Å². The molecule has 6 rings (SSSR count). The molecule has 0 spiro atoms. The molecule has 3 aromatic carbocycles. The minimum atomic E-state index is -0.383. The van der Waals surface area contributed by atoms with Crippen molar-refractivity contribution < 1.29 is 18.7 Å². The fourth-order valence-corrected chi connectivity index (χ4v) is 6.10. The standard InChI is InChI=1S/C30H23N3O4S/c31-16-23-21-8-3-6-12-27(21)38-30(23)33-29(35)22-9-2-4-10-24(22)36-17-28(34)32-18-13-14-20-19-7-1-5-11-25(19)37-26(20)15-18/h1-2,4-5,7,9-11,13-15H,3,6,8,12,17H2,(H,32,34)(H,33,35). The summed E-state index contributed by atoms with van der Waals surface area (Å²) in [7, 11) is 0. The van der Waals surface area contributed by atoms with Gasteiger partial charge in [0.25, 0.3) is 11.8 Å². The van der Waals surface area contributed by atoms with Gasteiger partial charge < -0.3 is 19.8 Å². The molecule has 188 valence electrons. The maximum atomic E-state index is 13.1. The molecule has 0 saturated heterocycles. The van der Waals surface area contributed by atoms with E-state index in [-0.39, 0.29) is 24.2 Å². The average molecular weight is 522 g/mol. The number of hydrogen-bond donors (Lipinski definition) is 2. The van der Waals surface area contributed by atoms with Gasteiger partial charge in [0.05, 0.1) is 11.1 Å². The number of para-hydroxylation sites is 2. The smallest absolute Gasteiger partial charge is 0.262 e. The monoisotopic (exact) mass is 521 g/mol. The van der Waals surface area contributed by atoms with Gasteiger partial charge in [0, 0.05) is 27.4 Å². The summed E-state index contributed by atoms with van der Waals surface area (Å²) in [6.45, 7) is -0.279. The third-order valence-electron chi connectivity index (χ3n) is 6.66. The van der Waals surface area contributed by atoms with Crippen LogP contribution in [0.5, 0.6) is 5.75 Å². The second kappa shape index (κ2) is 10.0. The summed E-state index contributed by atoms with van der Waals surface area (Å²) in [5, 5.41) is 18.0. The van der Waals surface area contributed by atoms with Crippen LogP contribution in [-0.4, -0.2) is 18.4 Å². The van der Waals surface area contributed by atoms with E-state index in [9.17, 15) is 14.9 Å². The Morgan fingerprint density at radius 2 is 1.74 bits per heavy atom. The number of benzene rings is 3. The molecule has 0 bridgehead atoms. The van der Waals surface area contributed by atoms with Gasteiger partial charge in [0.15, 0.2) is 6.61 Å². The molecule has 0 radical (unpaired) electrons. The number of nitrogens with zero attached hydrogens (tertiary/aromatic N) is 1. The number of amides is 2. The molecule has 2 N–H and O–H groups in total. The molecule has 2 heterocycles. The molecule has 7 nitrogen and oxygen atoms in total. The molecular weight excluding hydrogens is 498 g/mol. The minimum absolute atomic E-state index is 0.279. The van der Waals surface area contributed by atoms with Gasteiger partial charge in [-0.3, -0.25) is 9.59 Å². The Labute approximate surface area is 222 Å². The second-order valence-electron chi connectivity index (χ2n) is 9.12. The number of carbonyl (C=O) groups is 2. The number of hydrogen-bond acceptors (Lipinski definition) is 6. The van der Waals surface area contributed by atoms with Crippen LogP contribution in [0.25, 0.3) is 21.9 Å². The number of rotatable bonds is 6. The van der Waals surface area contributed by atoms with Crippen LogP contribution in [0.1, 0.15) is 39.2 Å². The first kappa shape index (κ1) is 23.8. The molecule has 1 aliphatic carbocycles. The Morgan fingerprint density at radius 1 is 0.947 bits per heavy atom. The second-order valence-corrected chi connectivity index (χ2v) is 10.2. The summed E-state index contributed by atoms with van der Waals surface area (Å²) in [4.78, 5) is 27.0. The van der Waals surface area contributed by atoms with Crippen molar-refractivity contribution in [3.05, 3.63) is 88.3 Å². The highest BCUT2D eigenvalue weighted by atomic mass is 32.1. The zero-order valence-corrected chi connectivity index (χ0v) is 21.2. The van der Waals surface area contributed by atoms with Crippen LogP contribution in [0, 0.1) is 11.3 Å². The van der Waals surface area contributed by atoms with E-state index in [2.05, 4.69) is 16.7 Å². The summed E-state index contributed by atoms with van der Waals surface area (Å²) < 4.78 is 11.6. The Kier molecular flexibility index (Phi) is 6.28. The largest absolute Gasteiger partial charge is 0.483 e. The number of ether oxygens (including phenoxy) is 1. The zero-order valence-electron chi connectivity index (χ0n) is 20.4. The Balaban J connectivity index is 1.14. The summed E-state index contributed by atoms with van der Waals surface area (Å²) in [6.07, 6.45) is 3.94. The number of fused-ring (bicyclic) bond motifs is 4. The van der Waals surface area contributed by atoms with Crippen molar-refractivity contribution in [3.8, 4) is 11.8 Å². The van der Waals surface area contributed by atoms with Gasteiger partial charge in [0.2, 0.25) is 0 Å². The van der Waals surface area contributed by atoms with Crippen LogP contribution in [0.15, 0.2) is 71.1 Å². The normalized spacial score (nSPS) is 12.6. The quantitative estimate of drug-likeness (QED) is 0.260. The fraction of sp³-hybridized carbons (Fsp3) is 0.167. The number of thiophene rings is 1. The summed E-state index contributed by atoms with van der Waals surface area (Å²) >= 11 is 1.47.